The minimum atomic E-state index is -2.11. The van der Waals surface area contributed by atoms with Crippen molar-refractivity contribution in [1.29, 1.82) is 0 Å². The zero-order valence-electron chi connectivity index (χ0n) is 31.9. The molecule has 14 bridgehead atoms. The van der Waals surface area contributed by atoms with Gasteiger partial charge in [0.2, 0.25) is 0 Å². The van der Waals surface area contributed by atoms with Crippen LogP contribution in [0.25, 0.3) is 55.0 Å². The van der Waals surface area contributed by atoms with E-state index in [1.54, 1.807) is 15.6 Å². The predicted octanol–water partition coefficient (Wildman–Crippen LogP) is 9.51. The van der Waals surface area contributed by atoms with Crippen LogP contribution >= 0.6 is 0 Å². The maximum Gasteiger partial charge on any atom is 0.0877 e. The van der Waals surface area contributed by atoms with Crippen LogP contribution in [-0.4, -0.2) is 40.5 Å². The van der Waals surface area contributed by atoms with E-state index in [-0.39, 0.29) is 0 Å². The molecule has 0 radical (unpaired) electrons. The first-order valence-electron chi connectivity index (χ1n) is 19.1. The quantitative estimate of drug-likeness (QED) is 0.137. The molecule has 0 saturated heterocycles. The molecule has 6 heteroatoms. The molecular weight excluding hydrogens is 693 g/mol. The van der Waals surface area contributed by atoms with Crippen LogP contribution in [0.1, 0.15) is 11.1 Å². The van der Waals surface area contributed by atoms with E-state index < -0.39 is 31.3 Å². The summed E-state index contributed by atoms with van der Waals surface area (Å²) in [7, 11) is -7.80. The van der Waals surface area contributed by atoms with Crippen LogP contribution in [0.5, 0.6) is 0 Å². The lowest BCUT2D eigenvalue weighted by Gasteiger charge is -2.39. The number of rotatable bonds is 0. The van der Waals surface area contributed by atoms with Crippen molar-refractivity contribution < 1.29 is 0 Å². The minimum Gasteiger partial charge on any atom is -0.309 e. The number of fused-ring (bicyclic) bond motifs is 4. The Bertz CT molecular complexity index is 2780. The second-order valence-corrected chi connectivity index (χ2v) is 42.7. The van der Waals surface area contributed by atoms with Crippen molar-refractivity contribution in [2.45, 2.75) is 64.5 Å². The number of para-hydroxylation sites is 2. The SMILES string of the molecule is C[Si]1(C)Cc2ccc(cc2)-n2c3ccc4cc3c3cccc(c32)C[Si](C)(C)c2cccc3c5cc(ccc5n(c23)-c2ccc1cc2)[Si](C)(C)[Si]4(C)C. The number of hydrogen-bond donors (Lipinski definition) is 0. The van der Waals surface area contributed by atoms with Gasteiger partial charge in [0.25, 0.3) is 0 Å². The highest BCUT2D eigenvalue weighted by Crippen LogP contribution is 2.38. The number of benzene rings is 6. The molecule has 4 aliphatic heterocycles. The summed E-state index contributed by atoms with van der Waals surface area (Å²) in [4.78, 5) is 0. The fraction of sp³-hybridized carbons (Fsp3) is 0.217. The Morgan fingerprint density at radius 3 is 1.52 bits per heavy atom. The lowest BCUT2D eigenvalue weighted by Crippen LogP contribution is -2.69. The number of nitrogens with zero attached hydrogens (tertiary/aromatic N) is 2. The normalized spacial score (nSPS) is 18.1. The van der Waals surface area contributed by atoms with Crippen molar-refractivity contribution in [3.8, 4) is 11.4 Å². The van der Waals surface area contributed by atoms with Gasteiger partial charge in [-0.2, -0.15) is 0 Å². The van der Waals surface area contributed by atoms with Gasteiger partial charge >= 0.3 is 0 Å². The van der Waals surface area contributed by atoms with Crippen molar-refractivity contribution in [2.24, 2.45) is 0 Å². The van der Waals surface area contributed by atoms with E-state index >= 15 is 0 Å². The maximum absolute atomic E-state index is 2.65. The molecule has 0 N–H and O–H groups in total. The zero-order valence-corrected chi connectivity index (χ0v) is 35.9. The lowest BCUT2D eigenvalue weighted by atomic mass is 10.1. The van der Waals surface area contributed by atoms with Gasteiger partial charge in [0, 0.05) is 32.9 Å². The van der Waals surface area contributed by atoms with Crippen LogP contribution < -0.4 is 20.7 Å². The zero-order chi connectivity index (χ0) is 35.9. The van der Waals surface area contributed by atoms with Crippen molar-refractivity contribution >= 4 is 95.7 Å². The highest BCUT2D eigenvalue weighted by Gasteiger charge is 2.44. The van der Waals surface area contributed by atoms with E-state index in [1.807, 2.05) is 0 Å². The van der Waals surface area contributed by atoms with Gasteiger partial charge in [-0.05, 0) is 59.2 Å². The Balaban J connectivity index is 1.43. The smallest absolute Gasteiger partial charge is 0.0877 e. The summed E-state index contributed by atoms with van der Waals surface area (Å²) in [5.74, 6) is 0. The Hall–Kier alpha value is -4.21. The van der Waals surface area contributed by atoms with Crippen molar-refractivity contribution in [2.75, 3.05) is 0 Å². The summed E-state index contributed by atoms with van der Waals surface area (Å²) >= 11 is 0. The van der Waals surface area contributed by atoms with Crippen LogP contribution in [0.15, 0.2) is 121 Å². The molecule has 2 aromatic heterocycles. The molecule has 0 unspecified atom stereocenters. The van der Waals surface area contributed by atoms with Gasteiger partial charge in [0.05, 0.1) is 53.4 Å². The topological polar surface area (TPSA) is 9.86 Å². The maximum atomic E-state index is 2.65. The third kappa shape index (κ3) is 4.38. The average Bonchev–Trinajstić information content (AvgIpc) is 3.64. The largest absolute Gasteiger partial charge is 0.309 e. The lowest BCUT2D eigenvalue weighted by molar-refractivity contribution is 1.15. The second-order valence-electron chi connectivity index (χ2n) is 18.2. The first kappa shape index (κ1) is 32.4. The van der Waals surface area contributed by atoms with Gasteiger partial charge in [-0.25, -0.2) is 0 Å². The predicted molar refractivity (Wildman–Crippen MR) is 237 cm³/mol. The van der Waals surface area contributed by atoms with Crippen molar-refractivity contribution in [1.82, 2.24) is 9.13 Å². The summed E-state index contributed by atoms with van der Waals surface area (Å²) < 4.78 is 5.26. The summed E-state index contributed by atoms with van der Waals surface area (Å²) in [5, 5.41) is 11.9. The summed E-state index contributed by atoms with van der Waals surface area (Å²) in [6, 6.07) is 51.3. The number of hydrogen-bond acceptors (Lipinski definition) is 0. The Morgan fingerprint density at radius 2 is 0.923 bits per heavy atom. The van der Waals surface area contributed by atoms with E-state index in [4.69, 9.17) is 0 Å². The molecule has 12 rings (SSSR count). The highest BCUT2D eigenvalue weighted by atomic mass is 29.3. The van der Waals surface area contributed by atoms with Gasteiger partial charge in [0.1, 0.15) is 0 Å². The summed E-state index contributed by atoms with van der Waals surface area (Å²) in [6.45, 7) is 20.9. The van der Waals surface area contributed by atoms with Crippen molar-refractivity contribution in [3.63, 3.8) is 0 Å². The van der Waals surface area contributed by atoms with E-state index in [9.17, 15) is 0 Å². The van der Waals surface area contributed by atoms with Crippen LogP contribution in [0, 0.1) is 0 Å². The average molecular weight is 741 g/mol. The standard InChI is InChI=1S/C46H48N2Si4/c1-49(2)29-31-15-17-33(18-16-31)47-42-25-23-36-27-40(42)38-12-9-11-32(45(38)47)30-50(3,4)44-14-10-13-39-41-28-37(52(7,8)51(36,5)6)24-26-43(41)48(46(39)44)34-19-21-35(49)22-20-34/h9-28H,29-30H2,1-8H3. The second kappa shape index (κ2) is 10.7. The van der Waals surface area contributed by atoms with E-state index in [0.29, 0.717) is 0 Å². The summed E-state index contributed by atoms with van der Waals surface area (Å²) in [5.41, 5.74) is 10.9. The van der Waals surface area contributed by atoms with Gasteiger partial charge in [-0.15, -0.1) is 0 Å². The molecule has 52 heavy (non-hydrogen) atoms. The van der Waals surface area contributed by atoms with Gasteiger partial charge in [0.15, 0.2) is 0 Å². The Morgan fingerprint density at radius 1 is 0.423 bits per heavy atom. The molecule has 6 aromatic carbocycles. The monoisotopic (exact) mass is 740 g/mol. The molecule has 0 spiro atoms. The Kier molecular flexibility index (Phi) is 6.67. The molecule has 0 atom stereocenters. The van der Waals surface area contributed by atoms with Crippen LogP contribution in [0.2, 0.25) is 52.4 Å². The fourth-order valence-corrected chi connectivity index (χ4v) is 24.1. The number of aromatic nitrogens is 2. The molecule has 2 nitrogen and oxygen atoms in total. The summed E-state index contributed by atoms with van der Waals surface area (Å²) in [6.07, 6.45) is 0. The van der Waals surface area contributed by atoms with Crippen molar-refractivity contribution in [3.05, 3.63) is 132 Å². The third-order valence-electron chi connectivity index (χ3n) is 13.8. The molecule has 258 valence electrons. The Labute approximate surface area is 311 Å². The van der Waals surface area contributed by atoms with E-state index in [1.165, 1.54) is 71.3 Å². The van der Waals surface area contributed by atoms with E-state index in [0.717, 1.165) is 12.1 Å². The molecule has 8 aromatic rings. The molecular formula is C46H48N2Si4. The highest BCUT2D eigenvalue weighted by molar-refractivity contribution is 7.50. The molecule has 6 heterocycles. The molecule has 0 saturated carbocycles. The first-order valence-corrected chi connectivity index (χ1v) is 32.5. The minimum absolute atomic E-state index is 1.07. The van der Waals surface area contributed by atoms with Crippen LogP contribution in [0.4, 0.5) is 0 Å². The molecule has 0 fully saturated rings. The first-order chi connectivity index (χ1) is 24.8. The molecule has 0 aliphatic carbocycles. The molecule has 0 amide bonds. The fourth-order valence-electron chi connectivity index (χ4n) is 9.94. The van der Waals surface area contributed by atoms with Crippen LogP contribution in [0.3, 0.4) is 0 Å². The molecule has 4 aliphatic rings. The van der Waals surface area contributed by atoms with Gasteiger partial charge in [-0.1, -0.05) is 158 Å². The van der Waals surface area contributed by atoms with Crippen LogP contribution in [-0.2, 0) is 12.1 Å². The third-order valence-corrected chi connectivity index (χ3v) is 37.8. The van der Waals surface area contributed by atoms with Gasteiger partial charge < -0.3 is 9.13 Å². The van der Waals surface area contributed by atoms with E-state index in [2.05, 4.69) is 183 Å². The van der Waals surface area contributed by atoms with Gasteiger partial charge in [-0.3, -0.25) is 0 Å².